The van der Waals surface area contributed by atoms with Crippen molar-refractivity contribution in [3.63, 3.8) is 0 Å². The molecule has 0 aliphatic carbocycles. The van der Waals surface area contributed by atoms with E-state index in [0.29, 0.717) is 0 Å². The Morgan fingerprint density at radius 2 is 1.54 bits per heavy atom. The summed E-state index contributed by atoms with van der Waals surface area (Å²) in [6, 6.07) is 27.6. The minimum absolute atomic E-state index is 0.0813. The van der Waals surface area contributed by atoms with E-state index in [4.69, 9.17) is 11.6 Å². The number of nitrogens with zero attached hydrogens (tertiary/aromatic N) is 1. The molecule has 0 fully saturated rings. The summed E-state index contributed by atoms with van der Waals surface area (Å²) in [5.74, 6) is 0. The minimum atomic E-state index is -0.0813. The van der Waals surface area contributed by atoms with Gasteiger partial charge in [-0.3, -0.25) is 4.31 Å². The summed E-state index contributed by atoms with van der Waals surface area (Å²) in [5.41, 5.74) is 6.30. The van der Waals surface area contributed by atoms with Gasteiger partial charge in [0.25, 0.3) is 0 Å². The Balaban J connectivity index is 1.58. The van der Waals surface area contributed by atoms with Crippen LogP contribution in [0.1, 0.15) is 16.7 Å². The SMILES string of the molecule is Cc1ccc(N2C=C(c3ccccc3)C3=S2SC(c2ccc(Cl)cc2)=C3)cc1. The molecule has 0 amide bonds. The van der Waals surface area contributed by atoms with Gasteiger partial charge in [0.1, 0.15) is 0 Å². The largest absolute Gasteiger partial charge is 0.288 e. The molecule has 2 aliphatic heterocycles. The molecule has 2 heterocycles. The van der Waals surface area contributed by atoms with E-state index in [1.807, 2.05) is 22.9 Å². The van der Waals surface area contributed by atoms with E-state index in [1.165, 1.54) is 37.7 Å². The smallest absolute Gasteiger partial charge is 0.0521 e. The molecule has 0 aromatic heterocycles. The molecular formula is C24H18ClNS2. The van der Waals surface area contributed by atoms with E-state index in [2.05, 4.69) is 90.2 Å². The molecule has 1 nitrogen and oxygen atoms in total. The standard InChI is InChI=1S/C24H18ClNS2/c1-17-7-13-21(14-8-17)26-16-22(18-5-3-2-4-6-18)24-15-23(27-28(24)26)19-9-11-20(25)12-10-19/h2-16H,1H3. The lowest BCUT2D eigenvalue weighted by atomic mass is 10.0. The second-order valence-corrected chi connectivity index (χ2v) is 10.6. The first-order valence-corrected chi connectivity index (χ1v) is 12.0. The zero-order valence-corrected chi connectivity index (χ0v) is 17.7. The number of rotatable bonds is 3. The van der Waals surface area contributed by atoms with Crippen molar-refractivity contribution < 1.29 is 0 Å². The normalized spacial score (nSPS) is 18.1. The first kappa shape index (κ1) is 17.9. The lowest BCUT2D eigenvalue weighted by Crippen LogP contribution is -2.03. The molecule has 0 saturated heterocycles. The minimum Gasteiger partial charge on any atom is -0.288 e. The Bertz CT molecular complexity index is 1130. The molecule has 4 heteroatoms. The molecule has 3 aromatic carbocycles. The van der Waals surface area contributed by atoms with Crippen LogP contribution in [-0.4, -0.2) is 4.86 Å². The zero-order valence-electron chi connectivity index (χ0n) is 15.3. The van der Waals surface area contributed by atoms with Crippen molar-refractivity contribution in [3.05, 3.63) is 113 Å². The average Bonchev–Trinajstić information content (AvgIpc) is 3.30. The Labute approximate surface area is 176 Å². The summed E-state index contributed by atoms with van der Waals surface area (Å²) in [5, 5.41) is 0.772. The van der Waals surface area contributed by atoms with E-state index in [0.717, 1.165) is 5.02 Å². The quantitative estimate of drug-likeness (QED) is 0.318. The number of halogens is 1. The summed E-state index contributed by atoms with van der Waals surface area (Å²) in [4.78, 5) is 2.69. The van der Waals surface area contributed by atoms with Gasteiger partial charge < -0.3 is 0 Å². The van der Waals surface area contributed by atoms with E-state index >= 15 is 0 Å². The highest BCUT2D eigenvalue weighted by molar-refractivity contribution is 8.88. The highest BCUT2D eigenvalue weighted by Gasteiger charge is 2.30. The molecular weight excluding hydrogens is 402 g/mol. The monoisotopic (exact) mass is 419 g/mol. The highest BCUT2D eigenvalue weighted by atomic mass is 35.5. The third-order valence-corrected chi connectivity index (χ3v) is 9.17. The maximum Gasteiger partial charge on any atom is 0.0521 e. The molecule has 1 unspecified atom stereocenters. The van der Waals surface area contributed by atoms with Crippen LogP contribution in [0.5, 0.6) is 0 Å². The second kappa shape index (κ2) is 7.32. The topological polar surface area (TPSA) is 3.24 Å². The van der Waals surface area contributed by atoms with Crippen LogP contribution < -0.4 is 4.31 Å². The fourth-order valence-electron chi connectivity index (χ4n) is 3.31. The van der Waals surface area contributed by atoms with E-state index in [9.17, 15) is 0 Å². The van der Waals surface area contributed by atoms with Crippen LogP contribution in [0.4, 0.5) is 5.69 Å². The maximum atomic E-state index is 6.09. The van der Waals surface area contributed by atoms with E-state index < -0.39 is 0 Å². The predicted octanol–water partition coefficient (Wildman–Crippen LogP) is 7.57. The van der Waals surface area contributed by atoms with Crippen molar-refractivity contribution in [3.8, 4) is 0 Å². The number of hydrogen-bond donors (Lipinski definition) is 0. The van der Waals surface area contributed by atoms with Crippen molar-refractivity contribution in [1.82, 2.24) is 0 Å². The predicted molar refractivity (Wildman–Crippen MR) is 128 cm³/mol. The Morgan fingerprint density at radius 3 is 2.25 bits per heavy atom. The molecule has 0 spiro atoms. The first-order chi connectivity index (χ1) is 13.7. The van der Waals surface area contributed by atoms with Gasteiger partial charge in [-0.1, -0.05) is 71.8 Å². The summed E-state index contributed by atoms with van der Waals surface area (Å²) in [6.45, 7) is 2.13. The van der Waals surface area contributed by atoms with Crippen molar-refractivity contribution >= 4 is 53.1 Å². The van der Waals surface area contributed by atoms with Crippen LogP contribution in [0.25, 0.3) is 10.5 Å². The van der Waals surface area contributed by atoms with Crippen LogP contribution in [0, 0.1) is 6.92 Å². The molecule has 3 aromatic rings. The maximum absolute atomic E-state index is 6.09. The van der Waals surface area contributed by atoms with E-state index in [-0.39, 0.29) is 9.70 Å². The molecule has 0 radical (unpaired) electrons. The van der Waals surface area contributed by atoms with Gasteiger partial charge in [0, 0.05) is 26.6 Å². The third kappa shape index (κ3) is 3.24. The van der Waals surface area contributed by atoms with Crippen LogP contribution in [-0.2, 0) is 0 Å². The Hall–Kier alpha value is -2.20. The number of allylic oxidation sites excluding steroid dienone is 2. The highest BCUT2D eigenvalue weighted by Crippen LogP contribution is 2.57. The molecule has 0 bridgehead atoms. The molecule has 0 saturated carbocycles. The van der Waals surface area contributed by atoms with Gasteiger partial charge in [-0.25, -0.2) is 0 Å². The van der Waals surface area contributed by atoms with Crippen molar-refractivity contribution in [2.24, 2.45) is 0 Å². The summed E-state index contributed by atoms with van der Waals surface area (Å²) < 4.78 is 2.42. The summed E-state index contributed by atoms with van der Waals surface area (Å²) >= 11 is 6.09. The fraction of sp³-hybridized carbons (Fsp3) is 0.0417. The Kier molecular flexibility index (Phi) is 4.67. The summed E-state index contributed by atoms with van der Waals surface area (Å²) in [6.07, 6.45) is 4.66. The third-order valence-electron chi connectivity index (χ3n) is 4.81. The van der Waals surface area contributed by atoms with Crippen molar-refractivity contribution in [1.29, 1.82) is 0 Å². The van der Waals surface area contributed by atoms with Gasteiger partial charge >= 0.3 is 0 Å². The Morgan fingerprint density at radius 1 is 0.821 bits per heavy atom. The number of anilines is 1. The van der Waals surface area contributed by atoms with E-state index in [1.54, 1.807) is 0 Å². The lowest BCUT2D eigenvalue weighted by Gasteiger charge is -2.20. The summed E-state index contributed by atoms with van der Waals surface area (Å²) in [7, 11) is 1.85. The number of hydrogen-bond acceptors (Lipinski definition) is 2. The lowest BCUT2D eigenvalue weighted by molar-refractivity contribution is 1.41. The number of aryl methyl sites for hydroxylation is 1. The molecule has 0 N–H and O–H groups in total. The molecule has 2 aliphatic rings. The van der Waals surface area contributed by atoms with Gasteiger partial charge in [-0.15, -0.1) is 0 Å². The van der Waals surface area contributed by atoms with Gasteiger partial charge in [-0.05, 0) is 68.9 Å². The van der Waals surface area contributed by atoms with Crippen LogP contribution in [0.15, 0.2) is 91.1 Å². The molecule has 138 valence electrons. The van der Waals surface area contributed by atoms with Gasteiger partial charge in [-0.2, -0.15) is 0 Å². The van der Waals surface area contributed by atoms with Crippen LogP contribution >= 0.6 is 32.1 Å². The molecule has 5 rings (SSSR count). The van der Waals surface area contributed by atoms with Crippen LogP contribution in [0.2, 0.25) is 5.02 Å². The van der Waals surface area contributed by atoms with Gasteiger partial charge in [0.15, 0.2) is 0 Å². The van der Waals surface area contributed by atoms with Gasteiger partial charge in [0.2, 0.25) is 0 Å². The van der Waals surface area contributed by atoms with Crippen LogP contribution in [0.3, 0.4) is 0 Å². The first-order valence-electron chi connectivity index (χ1n) is 9.10. The fourth-order valence-corrected chi connectivity index (χ4v) is 7.81. The van der Waals surface area contributed by atoms with Gasteiger partial charge in [0.05, 0.1) is 5.69 Å². The zero-order chi connectivity index (χ0) is 19.1. The second-order valence-electron chi connectivity index (χ2n) is 6.78. The number of benzene rings is 3. The van der Waals surface area contributed by atoms with Crippen molar-refractivity contribution in [2.45, 2.75) is 6.92 Å². The molecule has 28 heavy (non-hydrogen) atoms. The molecule has 1 atom stereocenters. The average molecular weight is 420 g/mol. The van der Waals surface area contributed by atoms with Crippen molar-refractivity contribution in [2.75, 3.05) is 4.31 Å².